The number of hydrogen-bond acceptors (Lipinski definition) is 9. The van der Waals surface area contributed by atoms with E-state index in [1.54, 1.807) is 18.5 Å². The van der Waals surface area contributed by atoms with Crippen molar-refractivity contribution < 1.29 is 22.7 Å². The van der Waals surface area contributed by atoms with E-state index in [0.717, 1.165) is 10.6 Å². The number of fused-ring (bicyclic) bond motifs is 1. The number of likely N-dealkylation sites (N-methyl/N-ethyl adjacent to an activating group) is 1. The van der Waals surface area contributed by atoms with Crippen LogP contribution in [0.5, 0.6) is 5.75 Å². The Hall–Kier alpha value is -3.11. The van der Waals surface area contributed by atoms with Gasteiger partial charge in [-0.2, -0.15) is 12.7 Å². The minimum atomic E-state index is -3.74. The molecule has 0 spiro atoms. The molecule has 0 aliphatic carbocycles. The van der Waals surface area contributed by atoms with Crippen LogP contribution in [-0.4, -0.2) is 78.6 Å². The SMILES string of the molecule is CN1CCN(c2cc(F)ccc2Cc2cnc(-c3nc4c(Br)cc(N5CCOCC5)cn4c(=O)c3O)s2)S1(=O)=O. The van der Waals surface area contributed by atoms with Crippen LogP contribution in [0.25, 0.3) is 16.3 Å². The molecule has 6 rings (SSSR count). The van der Waals surface area contributed by atoms with Gasteiger partial charge in [-0.1, -0.05) is 6.07 Å². The minimum Gasteiger partial charge on any atom is -0.501 e. The Kier molecular flexibility index (Phi) is 7.02. The number of aromatic nitrogens is 3. The van der Waals surface area contributed by atoms with Crippen molar-refractivity contribution in [2.45, 2.75) is 6.42 Å². The van der Waals surface area contributed by atoms with Gasteiger partial charge in [-0.05, 0) is 39.7 Å². The fourth-order valence-electron chi connectivity index (χ4n) is 4.80. The normalized spacial score (nSPS) is 17.7. The first kappa shape index (κ1) is 27.1. The number of nitrogens with zero attached hydrogens (tertiary/aromatic N) is 6. The summed E-state index contributed by atoms with van der Waals surface area (Å²) in [5.41, 5.74) is 1.42. The van der Waals surface area contributed by atoms with Gasteiger partial charge in [-0.25, -0.2) is 14.4 Å². The van der Waals surface area contributed by atoms with Crippen LogP contribution < -0.4 is 14.8 Å². The predicted octanol–water partition coefficient (Wildman–Crippen LogP) is 2.85. The van der Waals surface area contributed by atoms with E-state index < -0.39 is 27.3 Å². The first-order chi connectivity index (χ1) is 19.1. The lowest BCUT2D eigenvalue weighted by Gasteiger charge is -2.29. The van der Waals surface area contributed by atoms with Crippen molar-refractivity contribution in [3.05, 3.63) is 67.7 Å². The molecule has 0 bridgehead atoms. The van der Waals surface area contributed by atoms with E-state index in [1.807, 2.05) is 6.07 Å². The Labute approximate surface area is 241 Å². The lowest BCUT2D eigenvalue weighted by Crippen LogP contribution is -2.36. The van der Waals surface area contributed by atoms with Gasteiger partial charge in [-0.3, -0.25) is 13.5 Å². The van der Waals surface area contributed by atoms with Crippen molar-refractivity contribution in [3.8, 4) is 16.5 Å². The van der Waals surface area contributed by atoms with Gasteiger partial charge in [-0.15, -0.1) is 11.3 Å². The summed E-state index contributed by atoms with van der Waals surface area (Å²) in [4.78, 5) is 25.0. The largest absolute Gasteiger partial charge is 0.501 e. The lowest BCUT2D eigenvalue weighted by molar-refractivity contribution is 0.122. The molecule has 2 aliphatic heterocycles. The summed E-state index contributed by atoms with van der Waals surface area (Å²) in [6, 6.07) is 5.93. The maximum atomic E-state index is 14.2. The van der Waals surface area contributed by atoms with E-state index in [-0.39, 0.29) is 24.3 Å². The van der Waals surface area contributed by atoms with Gasteiger partial charge in [0.05, 0.1) is 29.1 Å². The zero-order chi connectivity index (χ0) is 28.2. The number of ether oxygens (including phenoxy) is 1. The number of pyridine rings is 1. The molecular formula is C25H24BrFN6O5S2. The quantitative estimate of drug-likeness (QED) is 0.350. The highest BCUT2D eigenvalue weighted by molar-refractivity contribution is 9.10. The van der Waals surface area contributed by atoms with E-state index in [1.165, 1.54) is 43.5 Å². The molecule has 4 aromatic rings. The topological polar surface area (TPSA) is 121 Å². The van der Waals surface area contributed by atoms with Gasteiger partial charge in [0.2, 0.25) is 5.75 Å². The molecule has 2 fully saturated rings. The number of hydrogen-bond donors (Lipinski definition) is 1. The molecule has 40 heavy (non-hydrogen) atoms. The highest BCUT2D eigenvalue weighted by Gasteiger charge is 2.35. The van der Waals surface area contributed by atoms with E-state index in [2.05, 4.69) is 30.8 Å². The van der Waals surface area contributed by atoms with Gasteiger partial charge in [0.25, 0.3) is 0 Å². The number of thiazole rings is 1. The van der Waals surface area contributed by atoms with Crippen LogP contribution in [0.1, 0.15) is 10.4 Å². The lowest BCUT2D eigenvalue weighted by atomic mass is 10.1. The van der Waals surface area contributed by atoms with E-state index >= 15 is 0 Å². The number of halogens is 2. The van der Waals surface area contributed by atoms with Gasteiger partial charge >= 0.3 is 15.8 Å². The molecule has 0 atom stereocenters. The highest BCUT2D eigenvalue weighted by Crippen LogP contribution is 2.35. The molecule has 0 unspecified atom stereocenters. The molecule has 0 saturated carbocycles. The number of rotatable bonds is 5. The maximum Gasteiger partial charge on any atom is 0.303 e. The van der Waals surface area contributed by atoms with Crippen molar-refractivity contribution in [2.24, 2.45) is 0 Å². The molecule has 11 nitrogen and oxygen atoms in total. The van der Waals surface area contributed by atoms with Gasteiger partial charge in [0, 0.05) is 56.9 Å². The summed E-state index contributed by atoms with van der Waals surface area (Å²) in [6.45, 7) is 3.05. The smallest absolute Gasteiger partial charge is 0.303 e. The Morgan fingerprint density at radius 3 is 2.67 bits per heavy atom. The molecule has 0 radical (unpaired) electrons. The van der Waals surface area contributed by atoms with Crippen LogP contribution in [0.4, 0.5) is 15.8 Å². The fraction of sp³-hybridized carbons (Fsp3) is 0.320. The Balaban J connectivity index is 1.34. The van der Waals surface area contributed by atoms with Crippen LogP contribution in [0.3, 0.4) is 0 Å². The van der Waals surface area contributed by atoms with Crippen LogP contribution >= 0.6 is 27.3 Å². The Morgan fingerprint density at radius 1 is 1.18 bits per heavy atom. The van der Waals surface area contributed by atoms with Crippen molar-refractivity contribution in [1.29, 1.82) is 0 Å². The molecule has 3 aromatic heterocycles. The average Bonchev–Trinajstić information content (AvgIpc) is 3.51. The second kappa shape index (κ2) is 10.4. The molecule has 210 valence electrons. The van der Waals surface area contributed by atoms with Crippen LogP contribution in [-0.2, 0) is 21.4 Å². The van der Waals surface area contributed by atoms with E-state index in [0.29, 0.717) is 53.5 Å². The Bertz CT molecular complexity index is 1790. The molecule has 2 aliphatic rings. The summed E-state index contributed by atoms with van der Waals surface area (Å²) in [5, 5.41) is 11.2. The van der Waals surface area contributed by atoms with Crippen LogP contribution in [0.2, 0.25) is 0 Å². The second-order valence-corrected chi connectivity index (χ2v) is 13.4. The molecule has 0 amide bonds. The number of aromatic hydroxyl groups is 1. The number of benzene rings is 1. The minimum absolute atomic E-state index is 0.0455. The monoisotopic (exact) mass is 650 g/mol. The summed E-state index contributed by atoms with van der Waals surface area (Å²) >= 11 is 4.73. The molecule has 15 heteroatoms. The Morgan fingerprint density at radius 2 is 1.95 bits per heavy atom. The zero-order valence-electron chi connectivity index (χ0n) is 21.2. The van der Waals surface area contributed by atoms with Crippen molar-refractivity contribution in [2.75, 3.05) is 55.6 Å². The number of anilines is 2. The predicted molar refractivity (Wildman–Crippen MR) is 153 cm³/mol. The van der Waals surface area contributed by atoms with Gasteiger partial charge in [0.15, 0.2) is 5.65 Å². The van der Waals surface area contributed by atoms with Gasteiger partial charge < -0.3 is 14.7 Å². The van der Waals surface area contributed by atoms with Crippen molar-refractivity contribution in [3.63, 3.8) is 0 Å². The first-order valence-electron chi connectivity index (χ1n) is 12.4. The summed E-state index contributed by atoms with van der Waals surface area (Å²) < 4.78 is 49.4. The highest BCUT2D eigenvalue weighted by atomic mass is 79.9. The fourth-order valence-corrected chi connectivity index (χ4v) is 7.62. The van der Waals surface area contributed by atoms with E-state index in [4.69, 9.17) is 4.74 Å². The summed E-state index contributed by atoms with van der Waals surface area (Å²) in [6.07, 6.45) is 3.50. The van der Waals surface area contributed by atoms with Crippen LogP contribution in [0.15, 0.2) is 45.9 Å². The van der Waals surface area contributed by atoms with Crippen molar-refractivity contribution in [1.82, 2.24) is 18.7 Å². The maximum absolute atomic E-state index is 14.2. The summed E-state index contributed by atoms with van der Waals surface area (Å²) in [7, 11) is -2.26. The third kappa shape index (κ3) is 4.75. The first-order valence-corrected chi connectivity index (χ1v) is 15.4. The zero-order valence-corrected chi connectivity index (χ0v) is 24.5. The molecule has 1 aromatic carbocycles. The van der Waals surface area contributed by atoms with Crippen LogP contribution in [0, 0.1) is 5.82 Å². The summed E-state index contributed by atoms with van der Waals surface area (Å²) in [5.74, 6) is -1.07. The average molecular weight is 652 g/mol. The van der Waals surface area contributed by atoms with Crippen molar-refractivity contribution >= 4 is 54.5 Å². The van der Waals surface area contributed by atoms with Gasteiger partial charge in [0.1, 0.15) is 16.5 Å². The molecule has 5 heterocycles. The molecule has 1 N–H and O–H groups in total. The van der Waals surface area contributed by atoms with E-state index in [9.17, 15) is 22.7 Å². The molecule has 2 saturated heterocycles. The third-order valence-electron chi connectivity index (χ3n) is 6.94. The third-order valence-corrected chi connectivity index (χ3v) is 10.4. The second-order valence-electron chi connectivity index (χ2n) is 9.44. The molecular weight excluding hydrogens is 627 g/mol. The number of morpholine rings is 1. The standard InChI is InChI=1S/C25H24BrFN6O5S2/c1-30-4-5-33(40(30,36)37)20-11-16(27)3-2-15(20)10-18-13-28-24(39-18)21-22(34)25(35)32-14-17(12-19(26)23(32)29-21)31-6-8-38-9-7-31/h2-3,11-14,34H,4-10H2,1H3.